The SMILES string of the molecule is CCOc1ccccc1[C@@H]1NC(=S)N(c2ccc(C)c(F)c2)C(C)=C1C(=O)OC. The number of rotatable bonds is 5. The Kier molecular flexibility index (Phi) is 6.17. The van der Waals surface area contributed by atoms with Gasteiger partial charge in [0.15, 0.2) is 5.11 Å². The Hall–Kier alpha value is -2.93. The average Bonchev–Trinajstić information content (AvgIpc) is 2.70. The normalized spacial score (nSPS) is 16.5. The predicted octanol–water partition coefficient (Wildman–Crippen LogP) is 4.42. The van der Waals surface area contributed by atoms with Crippen molar-refractivity contribution < 1.29 is 18.7 Å². The van der Waals surface area contributed by atoms with E-state index in [9.17, 15) is 9.18 Å². The van der Waals surface area contributed by atoms with Crippen LogP contribution in [0.2, 0.25) is 0 Å². The number of para-hydroxylation sites is 1. The maximum absolute atomic E-state index is 14.2. The van der Waals surface area contributed by atoms with Crippen LogP contribution in [0.1, 0.15) is 31.0 Å². The number of thiocarbonyl (C=S) groups is 1. The van der Waals surface area contributed by atoms with Gasteiger partial charge in [-0.05, 0) is 56.8 Å². The van der Waals surface area contributed by atoms with Crippen LogP contribution in [0.4, 0.5) is 10.1 Å². The molecule has 1 aliphatic rings. The molecule has 3 rings (SSSR count). The molecule has 0 amide bonds. The molecule has 0 spiro atoms. The Morgan fingerprint density at radius 2 is 1.97 bits per heavy atom. The molecule has 0 saturated heterocycles. The average molecular weight is 415 g/mol. The number of nitrogens with zero attached hydrogens (tertiary/aromatic N) is 1. The van der Waals surface area contributed by atoms with Crippen LogP contribution in [0.5, 0.6) is 5.75 Å². The first-order valence-corrected chi connectivity index (χ1v) is 9.67. The Balaban J connectivity index is 2.16. The minimum Gasteiger partial charge on any atom is -0.494 e. The van der Waals surface area contributed by atoms with Gasteiger partial charge < -0.3 is 14.8 Å². The van der Waals surface area contributed by atoms with Crippen LogP contribution in [0.25, 0.3) is 0 Å². The molecule has 0 fully saturated rings. The highest BCUT2D eigenvalue weighted by Crippen LogP contribution is 2.37. The molecule has 0 saturated carbocycles. The van der Waals surface area contributed by atoms with Crippen molar-refractivity contribution in [2.75, 3.05) is 18.6 Å². The number of benzene rings is 2. The number of carbonyl (C=O) groups excluding carboxylic acids is 1. The molecule has 0 unspecified atom stereocenters. The molecule has 1 atom stereocenters. The minimum atomic E-state index is -0.552. The molecule has 2 aromatic rings. The van der Waals surface area contributed by atoms with Gasteiger partial charge in [-0.2, -0.15) is 0 Å². The molecule has 1 aliphatic heterocycles. The fourth-order valence-corrected chi connectivity index (χ4v) is 3.75. The zero-order chi connectivity index (χ0) is 21.1. The van der Waals surface area contributed by atoms with E-state index in [4.69, 9.17) is 21.7 Å². The number of esters is 1. The number of hydrogen-bond acceptors (Lipinski definition) is 4. The van der Waals surface area contributed by atoms with E-state index in [0.717, 1.165) is 5.56 Å². The molecule has 7 heteroatoms. The molecular weight excluding hydrogens is 391 g/mol. The van der Waals surface area contributed by atoms with E-state index in [1.54, 1.807) is 30.9 Å². The van der Waals surface area contributed by atoms with E-state index >= 15 is 0 Å². The first kappa shape index (κ1) is 20.8. The van der Waals surface area contributed by atoms with Crippen molar-refractivity contribution in [1.29, 1.82) is 0 Å². The Morgan fingerprint density at radius 1 is 1.24 bits per heavy atom. The summed E-state index contributed by atoms with van der Waals surface area (Å²) in [6.07, 6.45) is 0. The van der Waals surface area contributed by atoms with Gasteiger partial charge in [-0.3, -0.25) is 4.90 Å². The Bertz CT molecular complexity index is 990. The topological polar surface area (TPSA) is 50.8 Å². The predicted molar refractivity (Wildman–Crippen MR) is 114 cm³/mol. The lowest BCUT2D eigenvalue weighted by Crippen LogP contribution is -2.48. The number of ether oxygens (including phenoxy) is 2. The van der Waals surface area contributed by atoms with E-state index in [1.165, 1.54) is 13.2 Å². The summed E-state index contributed by atoms with van der Waals surface area (Å²) in [4.78, 5) is 14.4. The second kappa shape index (κ2) is 8.61. The molecule has 2 aromatic carbocycles. The van der Waals surface area contributed by atoms with Crippen LogP contribution in [0, 0.1) is 12.7 Å². The smallest absolute Gasteiger partial charge is 0.337 e. The van der Waals surface area contributed by atoms with Gasteiger partial charge in [0.2, 0.25) is 0 Å². The Morgan fingerprint density at radius 3 is 2.62 bits per heavy atom. The highest BCUT2D eigenvalue weighted by atomic mass is 32.1. The number of nitrogens with one attached hydrogen (secondary N) is 1. The number of hydrogen-bond donors (Lipinski definition) is 1. The van der Waals surface area contributed by atoms with E-state index in [0.29, 0.717) is 40.0 Å². The summed E-state index contributed by atoms with van der Waals surface area (Å²) in [7, 11) is 1.33. The number of aryl methyl sites for hydroxylation is 1. The van der Waals surface area contributed by atoms with Crippen molar-refractivity contribution >= 4 is 29.0 Å². The van der Waals surface area contributed by atoms with Gasteiger partial charge in [-0.25, -0.2) is 9.18 Å². The van der Waals surface area contributed by atoms with Gasteiger partial charge in [-0.15, -0.1) is 0 Å². The first-order chi connectivity index (χ1) is 13.9. The van der Waals surface area contributed by atoms with Crippen LogP contribution in [-0.4, -0.2) is 24.8 Å². The summed E-state index contributed by atoms with van der Waals surface area (Å²) in [6, 6.07) is 11.7. The van der Waals surface area contributed by atoms with Crippen LogP contribution in [0.3, 0.4) is 0 Å². The largest absolute Gasteiger partial charge is 0.494 e. The van der Waals surface area contributed by atoms with Crippen LogP contribution in [-0.2, 0) is 9.53 Å². The first-order valence-electron chi connectivity index (χ1n) is 9.26. The maximum atomic E-state index is 14.2. The van der Waals surface area contributed by atoms with Crippen molar-refractivity contribution in [3.05, 3.63) is 70.7 Å². The van der Waals surface area contributed by atoms with Crippen LogP contribution >= 0.6 is 12.2 Å². The van der Waals surface area contributed by atoms with Gasteiger partial charge in [0.05, 0.1) is 31.0 Å². The van der Waals surface area contributed by atoms with Gasteiger partial charge >= 0.3 is 5.97 Å². The maximum Gasteiger partial charge on any atom is 0.337 e. The number of anilines is 1. The summed E-state index contributed by atoms with van der Waals surface area (Å²) >= 11 is 5.59. The molecule has 0 aliphatic carbocycles. The van der Waals surface area contributed by atoms with Gasteiger partial charge in [0.25, 0.3) is 0 Å². The lowest BCUT2D eigenvalue weighted by atomic mass is 9.94. The lowest BCUT2D eigenvalue weighted by Gasteiger charge is -2.37. The standard InChI is InChI=1S/C22H23FN2O3S/c1-5-28-18-9-7-6-8-16(18)20-19(21(26)27-4)14(3)25(22(29)24-20)15-11-10-13(2)17(23)12-15/h6-12,20H,5H2,1-4H3,(H,24,29)/t20-/m0/s1. The van der Waals surface area contributed by atoms with Crippen LogP contribution < -0.4 is 15.0 Å². The van der Waals surface area contributed by atoms with Crippen molar-refractivity contribution in [3.63, 3.8) is 0 Å². The number of methoxy groups -OCH3 is 1. The summed E-state index contributed by atoms with van der Waals surface area (Å²) in [5, 5.41) is 3.56. The second-order valence-electron chi connectivity index (χ2n) is 6.61. The number of halogens is 1. The van der Waals surface area contributed by atoms with Crippen molar-refractivity contribution in [3.8, 4) is 5.75 Å². The van der Waals surface area contributed by atoms with Crippen molar-refractivity contribution in [2.45, 2.75) is 26.8 Å². The Labute approximate surface area is 175 Å². The molecule has 5 nitrogen and oxygen atoms in total. The molecule has 152 valence electrons. The van der Waals surface area contributed by atoms with Gasteiger partial charge in [0.1, 0.15) is 11.6 Å². The quantitative estimate of drug-likeness (QED) is 0.578. The lowest BCUT2D eigenvalue weighted by molar-refractivity contribution is -0.136. The third-order valence-corrected chi connectivity index (χ3v) is 5.13. The van der Waals surface area contributed by atoms with E-state index in [-0.39, 0.29) is 5.82 Å². The zero-order valence-corrected chi connectivity index (χ0v) is 17.6. The summed E-state index contributed by atoms with van der Waals surface area (Å²) in [6.45, 7) is 5.84. The fourth-order valence-electron chi connectivity index (χ4n) is 3.39. The molecular formula is C22H23FN2O3S. The van der Waals surface area contributed by atoms with E-state index in [2.05, 4.69) is 5.32 Å². The van der Waals surface area contributed by atoms with E-state index in [1.807, 2.05) is 31.2 Å². The van der Waals surface area contributed by atoms with Crippen LogP contribution in [0.15, 0.2) is 53.7 Å². The third-order valence-electron chi connectivity index (χ3n) is 4.83. The summed E-state index contributed by atoms with van der Waals surface area (Å²) in [5.74, 6) is -0.188. The zero-order valence-electron chi connectivity index (χ0n) is 16.8. The molecule has 0 aromatic heterocycles. The molecule has 0 radical (unpaired) electrons. The minimum absolute atomic E-state index is 0.346. The van der Waals surface area contributed by atoms with Gasteiger partial charge in [-0.1, -0.05) is 24.3 Å². The molecule has 1 heterocycles. The molecule has 0 bridgehead atoms. The third kappa shape index (κ3) is 3.96. The fraction of sp³-hybridized carbons (Fsp3) is 0.273. The number of allylic oxidation sites excluding steroid dienone is 1. The monoisotopic (exact) mass is 414 g/mol. The van der Waals surface area contributed by atoms with Crippen molar-refractivity contribution in [2.24, 2.45) is 0 Å². The van der Waals surface area contributed by atoms with Crippen molar-refractivity contribution in [1.82, 2.24) is 5.32 Å². The highest BCUT2D eigenvalue weighted by Gasteiger charge is 2.36. The highest BCUT2D eigenvalue weighted by molar-refractivity contribution is 7.80. The molecule has 29 heavy (non-hydrogen) atoms. The van der Waals surface area contributed by atoms with E-state index < -0.39 is 12.0 Å². The molecule has 1 N–H and O–H groups in total. The van der Waals surface area contributed by atoms with Gasteiger partial charge in [0, 0.05) is 11.3 Å². The summed E-state index contributed by atoms with van der Waals surface area (Å²) < 4.78 is 25.0. The second-order valence-corrected chi connectivity index (χ2v) is 7.00. The number of carbonyl (C=O) groups is 1. The summed E-state index contributed by atoms with van der Waals surface area (Å²) in [5.41, 5.74) is 2.78.